The monoisotopic (exact) mass is 247 g/mol. The summed E-state index contributed by atoms with van der Waals surface area (Å²) in [5.74, 6) is 0. The van der Waals surface area contributed by atoms with Gasteiger partial charge in [0.25, 0.3) is 0 Å². The highest BCUT2D eigenvalue weighted by molar-refractivity contribution is 5.21. The molecule has 5 nitrogen and oxygen atoms in total. The van der Waals surface area contributed by atoms with E-state index in [-0.39, 0.29) is 6.54 Å². The largest absolute Gasteiger partial charge is 0.387 e. The van der Waals surface area contributed by atoms with Gasteiger partial charge >= 0.3 is 0 Å². The lowest BCUT2D eigenvalue weighted by Crippen LogP contribution is -2.28. The summed E-state index contributed by atoms with van der Waals surface area (Å²) in [6.45, 7) is 3.65. The van der Waals surface area contributed by atoms with Gasteiger partial charge in [-0.1, -0.05) is 35.5 Å². The molecule has 0 aliphatic heterocycles. The summed E-state index contributed by atoms with van der Waals surface area (Å²) in [6, 6.07) is 9.40. The Morgan fingerprint density at radius 2 is 2.00 bits per heavy atom. The molecular formula is C13H17N3O2. The summed E-state index contributed by atoms with van der Waals surface area (Å²) in [5, 5.41) is 27.6. The molecule has 0 bridgehead atoms. The Kier molecular flexibility index (Phi) is 3.45. The summed E-state index contributed by atoms with van der Waals surface area (Å²) < 4.78 is 1.54. The van der Waals surface area contributed by atoms with Crippen LogP contribution < -0.4 is 0 Å². The minimum atomic E-state index is -1.02. The van der Waals surface area contributed by atoms with Crippen molar-refractivity contribution in [2.45, 2.75) is 32.1 Å². The van der Waals surface area contributed by atoms with Gasteiger partial charge < -0.3 is 10.2 Å². The summed E-state index contributed by atoms with van der Waals surface area (Å²) in [7, 11) is 0. The number of aromatic nitrogens is 3. The molecule has 18 heavy (non-hydrogen) atoms. The van der Waals surface area contributed by atoms with Crippen LogP contribution in [0.1, 0.15) is 31.2 Å². The lowest BCUT2D eigenvalue weighted by molar-refractivity contribution is 0.0340. The van der Waals surface area contributed by atoms with E-state index in [4.69, 9.17) is 0 Å². The van der Waals surface area contributed by atoms with Crippen LogP contribution in [0.5, 0.6) is 0 Å². The zero-order valence-electron chi connectivity index (χ0n) is 10.5. The fourth-order valence-corrected chi connectivity index (χ4v) is 1.79. The van der Waals surface area contributed by atoms with Gasteiger partial charge in [-0.3, -0.25) is 0 Å². The first-order valence-corrected chi connectivity index (χ1v) is 5.85. The molecule has 2 atom stereocenters. The van der Waals surface area contributed by atoms with Crippen LogP contribution in [-0.4, -0.2) is 25.2 Å². The zero-order chi connectivity index (χ0) is 13.2. The fraction of sp³-hybridized carbons (Fsp3) is 0.385. The van der Waals surface area contributed by atoms with Crippen LogP contribution in [0.15, 0.2) is 36.5 Å². The van der Waals surface area contributed by atoms with Crippen molar-refractivity contribution in [3.63, 3.8) is 0 Å². The third kappa shape index (κ3) is 2.75. The van der Waals surface area contributed by atoms with Crippen LogP contribution >= 0.6 is 0 Å². The maximum Gasteiger partial charge on any atom is 0.111 e. The van der Waals surface area contributed by atoms with E-state index in [0.29, 0.717) is 5.69 Å². The number of nitrogens with zero attached hydrogens (tertiary/aromatic N) is 3. The molecule has 1 aromatic carbocycles. The Hall–Kier alpha value is -1.72. The summed E-state index contributed by atoms with van der Waals surface area (Å²) >= 11 is 0. The number of hydrogen-bond acceptors (Lipinski definition) is 4. The second-order valence-corrected chi connectivity index (χ2v) is 4.66. The number of aliphatic hydroxyl groups is 2. The van der Waals surface area contributed by atoms with Gasteiger partial charge in [0, 0.05) is 0 Å². The van der Waals surface area contributed by atoms with Crippen molar-refractivity contribution in [1.29, 1.82) is 0 Å². The molecule has 1 aromatic heterocycles. The van der Waals surface area contributed by atoms with Gasteiger partial charge in [0.15, 0.2) is 0 Å². The first-order valence-electron chi connectivity index (χ1n) is 5.85. The van der Waals surface area contributed by atoms with E-state index in [1.54, 1.807) is 20.0 Å². The first-order chi connectivity index (χ1) is 8.49. The summed E-state index contributed by atoms with van der Waals surface area (Å²) in [5.41, 5.74) is 0.295. The van der Waals surface area contributed by atoms with Crippen molar-refractivity contribution >= 4 is 0 Å². The van der Waals surface area contributed by atoms with Crippen molar-refractivity contribution in [1.82, 2.24) is 15.0 Å². The van der Waals surface area contributed by atoms with Crippen molar-refractivity contribution in [3.05, 3.63) is 47.8 Å². The van der Waals surface area contributed by atoms with Crippen LogP contribution in [0.3, 0.4) is 0 Å². The Balaban J connectivity index is 2.17. The van der Waals surface area contributed by atoms with Gasteiger partial charge in [-0.05, 0) is 19.4 Å². The van der Waals surface area contributed by atoms with E-state index < -0.39 is 11.7 Å². The predicted octanol–water partition coefficient (Wildman–Crippen LogP) is 1.24. The molecule has 96 valence electrons. The molecule has 2 N–H and O–H groups in total. The maximum atomic E-state index is 10.4. The van der Waals surface area contributed by atoms with E-state index in [9.17, 15) is 10.2 Å². The quantitative estimate of drug-likeness (QED) is 0.852. The van der Waals surface area contributed by atoms with Crippen molar-refractivity contribution < 1.29 is 10.2 Å². The lowest BCUT2D eigenvalue weighted by Gasteiger charge is -2.23. The first kappa shape index (κ1) is 12.7. The lowest BCUT2D eigenvalue weighted by atomic mass is 9.96. The molecule has 1 heterocycles. The molecule has 0 aliphatic carbocycles. The SMILES string of the molecule is CC(O)c1cn(CC(C)(O)c2ccccc2)nn1. The third-order valence-corrected chi connectivity index (χ3v) is 2.85. The van der Waals surface area contributed by atoms with Crippen LogP contribution in [0.25, 0.3) is 0 Å². The Bertz CT molecular complexity index is 506. The highest BCUT2D eigenvalue weighted by Gasteiger charge is 2.24. The predicted molar refractivity (Wildman–Crippen MR) is 66.7 cm³/mol. The molecule has 0 saturated heterocycles. The van der Waals surface area contributed by atoms with Crippen LogP contribution in [0.2, 0.25) is 0 Å². The second-order valence-electron chi connectivity index (χ2n) is 4.66. The normalized spacial score (nSPS) is 16.2. The van der Waals surface area contributed by atoms with E-state index in [1.807, 2.05) is 30.3 Å². The average molecular weight is 247 g/mol. The van der Waals surface area contributed by atoms with Crippen LogP contribution in [0.4, 0.5) is 0 Å². The number of aliphatic hydroxyl groups excluding tert-OH is 1. The van der Waals surface area contributed by atoms with E-state index in [2.05, 4.69) is 10.3 Å². The van der Waals surface area contributed by atoms with Crippen LogP contribution in [-0.2, 0) is 12.1 Å². The summed E-state index contributed by atoms with van der Waals surface area (Å²) in [4.78, 5) is 0. The van der Waals surface area contributed by atoms with Gasteiger partial charge in [-0.25, -0.2) is 4.68 Å². The van der Waals surface area contributed by atoms with Crippen molar-refractivity contribution in [2.75, 3.05) is 0 Å². The van der Waals surface area contributed by atoms with E-state index >= 15 is 0 Å². The zero-order valence-corrected chi connectivity index (χ0v) is 10.5. The van der Waals surface area contributed by atoms with E-state index in [0.717, 1.165) is 5.56 Å². The van der Waals surface area contributed by atoms with Crippen molar-refractivity contribution in [2.24, 2.45) is 0 Å². The molecule has 2 unspecified atom stereocenters. The van der Waals surface area contributed by atoms with Gasteiger partial charge in [0.1, 0.15) is 11.3 Å². The molecule has 0 aliphatic rings. The minimum Gasteiger partial charge on any atom is -0.387 e. The molecular weight excluding hydrogens is 230 g/mol. The Morgan fingerprint density at radius 1 is 1.33 bits per heavy atom. The molecule has 0 spiro atoms. The molecule has 2 rings (SSSR count). The van der Waals surface area contributed by atoms with Gasteiger partial charge in [-0.2, -0.15) is 0 Å². The maximum absolute atomic E-state index is 10.4. The molecule has 2 aromatic rings. The van der Waals surface area contributed by atoms with Gasteiger partial charge in [0.05, 0.1) is 18.8 Å². The Morgan fingerprint density at radius 3 is 2.56 bits per heavy atom. The highest BCUT2D eigenvalue weighted by Crippen LogP contribution is 2.22. The van der Waals surface area contributed by atoms with E-state index in [1.165, 1.54) is 4.68 Å². The van der Waals surface area contributed by atoms with Gasteiger partial charge in [0.2, 0.25) is 0 Å². The smallest absolute Gasteiger partial charge is 0.111 e. The third-order valence-electron chi connectivity index (χ3n) is 2.85. The highest BCUT2D eigenvalue weighted by atomic mass is 16.3. The molecule has 5 heteroatoms. The second kappa shape index (κ2) is 4.88. The average Bonchev–Trinajstić information content (AvgIpc) is 2.78. The topological polar surface area (TPSA) is 71.2 Å². The molecule has 0 radical (unpaired) electrons. The molecule has 0 fully saturated rings. The number of rotatable bonds is 4. The van der Waals surface area contributed by atoms with Gasteiger partial charge in [-0.15, -0.1) is 5.10 Å². The molecule has 0 saturated carbocycles. The van der Waals surface area contributed by atoms with Crippen molar-refractivity contribution in [3.8, 4) is 0 Å². The molecule has 0 amide bonds. The number of hydrogen-bond donors (Lipinski definition) is 2. The minimum absolute atomic E-state index is 0.288. The fourth-order valence-electron chi connectivity index (χ4n) is 1.79. The number of benzene rings is 1. The summed E-state index contributed by atoms with van der Waals surface area (Å²) in [6.07, 6.45) is 0.989. The standard InChI is InChI=1S/C13H17N3O2/c1-10(17)12-8-16(15-14-12)9-13(2,18)11-6-4-3-5-7-11/h3-8,10,17-18H,9H2,1-2H3. The Labute approximate surface area is 106 Å². The van der Waals surface area contributed by atoms with Crippen LogP contribution in [0, 0.1) is 0 Å².